The lowest BCUT2D eigenvalue weighted by molar-refractivity contribution is -0.124. The standard InChI is InChI=1S/C13H18FNO4/c1-13(17,9-18-2)8-15-12(16)7-19-11-5-3-10(14)4-6-11/h3-6,17H,7-9H2,1-2H3,(H,15,16). The van der Waals surface area contributed by atoms with Crippen LogP contribution in [0.3, 0.4) is 0 Å². The van der Waals surface area contributed by atoms with Crippen LogP contribution in [0.15, 0.2) is 24.3 Å². The van der Waals surface area contributed by atoms with Crippen molar-refractivity contribution in [3.8, 4) is 5.75 Å². The molecular formula is C13H18FNO4. The molecule has 0 spiro atoms. The topological polar surface area (TPSA) is 67.8 Å². The summed E-state index contributed by atoms with van der Waals surface area (Å²) in [5, 5.41) is 12.3. The summed E-state index contributed by atoms with van der Waals surface area (Å²) in [7, 11) is 1.47. The highest BCUT2D eigenvalue weighted by atomic mass is 19.1. The van der Waals surface area contributed by atoms with Crippen LogP contribution in [-0.4, -0.2) is 43.5 Å². The number of halogens is 1. The minimum Gasteiger partial charge on any atom is -0.484 e. The lowest BCUT2D eigenvalue weighted by atomic mass is 10.1. The molecule has 1 atom stereocenters. The van der Waals surface area contributed by atoms with Crippen molar-refractivity contribution in [2.24, 2.45) is 0 Å². The number of amides is 1. The maximum atomic E-state index is 12.6. The van der Waals surface area contributed by atoms with Crippen LogP contribution in [0.5, 0.6) is 5.75 Å². The van der Waals surface area contributed by atoms with Gasteiger partial charge in [0.05, 0.1) is 6.61 Å². The van der Waals surface area contributed by atoms with Gasteiger partial charge in [-0.2, -0.15) is 0 Å². The van der Waals surface area contributed by atoms with Crippen molar-refractivity contribution in [1.82, 2.24) is 5.32 Å². The Labute approximate surface area is 111 Å². The average molecular weight is 271 g/mol. The molecule has 0 saturated heterocycles. The second-order valence-corrected chi connectivity index (χ2v) is 4.45. The summed E-state index contributed by atoms with van der Waals surface area (Å²) in [5.41, 5.74) is -1.12. The van der Waals surface area contributed by atoms with E-state index in [1.807, 2.05) is 0 Å². The summed E-state index contributed by atoms with van der Waals surface area (Å²) >= 11 is 0. The summed E-state index contributed by atoms with van der Waals surface area (Å²) < 4.78 is 22.6. The van der Waals surface area contributed by atoms with Crippen LogP contribution in [0, 0.1) is 5.82 Å². The molecule has 1 rings (SSSR count). The number of benzene rings is 1. The zero-order chi connectivity index (χ0) is 14.3. The Hall–Kier alpha value is -1.66. The monoisotopic (exact) mass is 271 g/mol. The molecule has 106 valence electrons. The Bertz CT molecular complexity index is 406. The molecule has 0 saturated carbocycles. The zero-order valence-electron chi connectivity index (χ0n) is 11.0. The predicted molar refractivity (Wildman–Crippen MR) is 67.4 cm³/mol. The molecule has 0 radical (unpaired) electrons. The third-order valence-electron chi connectivity index (χ3n) is 2.31. The van der Waals surface area contributed by atoms with Crippen molar-refractivity contribution in [3.63, 3.8) is 0 Å². The Morgan fingerprint density at radius 3 is 2.63 bits per heavy atom. The molecule has 6 heteroatoms. The number of carbonyl (C=O) groups excluding carboxylic acids is 1. The van der Waals surface area contributed by atoms with Gasteiger partial charge in [0.15, 0.2) is 6.61 Å². The van der Waals surface area contributed by atoms with Crippen molar-refractivity contribution in [2.75, 3.05) is 26.9 Å². The van der Waals surface area contributed by atoms with Gasteiger partial charge in [-0.15, -0.1) is 0 Å². The minimum absolute atomic E-state index is 0.0620. The number of hydrogen-bond acceptors (Lipinski definition) is 4. The van der Waals surface area contributed by atoms with E-state index in [1.54, 1.807) is 6.92 Å². The van der Waals surface area contributed by atoms with Crippen LogP contribution in [-0.2, 0) is 9.53 Å². The van der Waals surface area contributed by atoms with E-state index in [9.17, 15) is 14.3 Å². The summed E-state index contributed by atoms with van der Waals surface area (Å²) in [4.78, 5) is 11.5. The Balaban J connectivity index is 2.30. The number of methoxy groups -OCH3 is 1. The van der Waals surface area contributed by atoms with Gasteiger partial charge < -0.3 is 19.9 Å². The lowest BCUT2D eigenvalue weighted by Gasteiger charge is -2.22. The van der Waals surface area contributed by atoms with E-state index in [0.717, 1.165) is 0 Å². The van der Waals surface area contributed by atoms with Crippen LogP contribution in [0.1, 0.15) is 6.92 Å². The number of ether oxygens (including phenoxy) is 2. The van der Waals surface area contributed by atoms with Gasteiger partial charge in [0.1, 0.15) is 17.2 Å². The van der Waals surface area contributed by atoms with Crippen molar-refractivity contribution < 1.29 is 23.8 Å². The molecule has 0 aromatic heterocycles. The molecule has 1 aromatic rings. The van der Waals surface area contributed by atoms with E-state index in [2.05, 4.69) is 5.32 Å². The highest BCUT2D eigenvalue weighted by molar-refractivity contribution is 5.77. The van der Waals surface area contributed by atoms with Crippen LogP contribution >= 0.6 is 0 Å². The normalized spacial score (nSPS) is 13.7. The van der Waals surface area contributed by atoms with Crippen LogP contribution in [0.4, 0.5) is 4.39 Å². The predicted octanol–water partition coefficient (Wildman–Crippen LogP) is 0.718. The number of rotatable bonds is 7. The van der Waals surface area contributed by atoms with Crippen molar-refractivity contribution in [1.29, 1.82) is 0 Å². The van der Waals surface area contributed by atoms with E-state index in [0.29, 0.717) is 5.75 Å². The van der Waals surface area contributed by atoms with Crippen LogP contribution in [0.2, 0.25) is 0 Å². The fourth-order valence-electron chi connectivity index (χ4n) is 1.38. The molecule has 0 heterocycles. The summed E-state index contributed by atoms with van der Waals surface area (Å²) in [6.07, 6.45) is 0. The molecule has 19 heavy (non-hydrogen) atoms. The number of hydrogen-bond donors (Lipinski definition) is 2. The Morgan fingerprint density at radius 2 is 2.05 bits per heavy atom. The highest BCUT2D eigenvalue weighted by Gasteiger charge is 2.20. The number of carbonyl (C=O) groups is 1. The first-order valence-electron chi connectivity index (χ1n) is 5.79. The maximum absolute atomic E-state index is 12.6. The minimum atomic E-state index is -1.12. The van der Waals surface area contributed by atoms with Gasteiger partial charge in [0.2, 0.25) is 0 Å². The molecular weight excluding hydrogens is 253 g/mol. The number of aliphatic hydroxyl groups is 1. The molecule has 1 unspecified atom stereocenters. The van der Waals surface area contributed by atoms with E-state index in [4.69, 9.17) is 9.47 Å². The molecule has 0 fully saturated rings. The van der Waals surface area contributed by atoms with Gasteiger partial charge in [0.25, 0.3) is 5.91 Å². The molecule has 0 bridgehead atoms. The largest absolute Gasteiger partial charge is 0.484 e. The van der Waals surface area contributed by atoms with Crippen molar-refractivity contribution in [3.05, 3.63) is 30.1 Å². The van der Waals surface area contributed by atoms with Crippen molar-refractivity contribution in [2.45, 2.75) is 12.5 Å². The van der Waals surface area contributed by atoms with E-state index >= 15 is 0 Å². The summed E-state index contributed by atoms with van der Waals surface area (Å²) in [6.45, 7) is 1.53. The van der Waals surface area contributed by atoms with Gasteiger partial charge >= 0.3 is 0 Å². The zero-order valence-corrected chi connectivity index (χ0v) is 11.0. The Kier molecular flexibility index (Phi) is 5.72. The maximum Gasteiger partial charge on any atom is 0.258 e. The van der Waals surface area contributed by atoms with E-state index in [-0.39, 0.29) is 31.5 Å². The molecule has 0 aliphatic heterocycles. The van der Waals surface area contributed by atoms with Gasteiger partial charge in [0, 0.05) is 13.7 Å². The SMILES string of the molecule is COCC(C)(O)CNC(=O)COc1ccc(F)cc1. The van der Waals surface area contributed by atoms with Gasteiger partial charge in [-0.25, -0.2) is 4.39 Å². The molecule has 0 aliphatic carbocycles. The Morgan fingerprint density at radius 1 is 1.42 bits per heavy atom. The van der Waals surface area contributed by atoms with Gasteiger partial charge in [-0.05, 0) is 31.2 Å². The first-order valence-corrected chi connectivity index (χ1v) is 5.79. The van der Waals surface area contributed by atoms with Crippen molar-refractivity contribution >= 4 is 5.91 Å². The quantitative estimate of drug-likeness (QED) is 0.766. The summed E-state index contributed by atoms with van der Waals surface area (Å²) in [6, 6.07) is 5.36. The van der Waals surface area contributed by atoms with Gasteiger partial charge in [-0.1, -0.05) is 0 Å². The van der Waals surface area contributed by atoms with Crippen LogP contribution < -0.4 is 10.1 Å². The fraction of sp³-hybridized carbons (Fsp3) is 0.462. The second-order valence-electron chi connectivity index (χ2n) is 4.45. The van der Waals surface area contributed by atoms with Gasteiger partial charge in [-0.3, -0.25) is 4.79 Å². The molecule has 1 amide bonds. The smallest absolute Gasteiger partial charge is 0.258 e. The van der Waals surface area contributed by atoms with E-state index < -0.39 is 5.60 Å². The fourth-order valence-corrected chi connectivity index (χ4v) is 1.38. The lowest BCUT2D eigenvalue weighted by Crippen LogP contribution is -2.45. The molecule has 1 aromatic carbocycles. The number of nitrogens with one attached hydrogen (secondary N) is 1. The highest BCUT2D eigenvalue weighted by Crippen LogP contribution is 2.10. The molecule has 5 nitrogen and oxygen atoms in total. The second kappa shape index (κ2) is 7.06. The molecule has 0 aliphatic rings. The third-order valence-corrected chi connectivity index (χ3v) is 2.31. The first-order chi connectivity index (χ1) is 8.93. The first kappa shape index (κ1) is 15.4. The summed E-state index contributed by atoms with van der Waals surface area (Å²) in [5.74, 6) is -0.340. The van der Waals surface area contributed by atoms with E-state index in [1.165, 1.54) is 31.4 Å². The third kappa shape index (κ3) is 6.17. The average Bonchev–Trinajstić information content (AvgIpc) is 2.36. The molecule has 2 N–H and O–H groups in total. The van der Waals surface area contributed by atoms with Crippen LogP contribution in [0.25, 0.3) is 0 Å².